The first-order valence-electron chi connectivity index (χ1n) is 7.96. The molecule has 0 spiro atoms. The predicted octanol–water partition coefficient (Wildman–Crippen LogP) is 3.80. The summed E-state index contributed by atoms with van der Waals surface area (Å²) in [5.74, 6) is -3.46. The van der Waals surface area contributed by atoms with Gasteiger partial charge in [0.05, 0.1) is 16.3 Å². The summed E-state index contributed by atoms with van der Waals surface area (Å²) in [6, 6.07) is 2.95. The summed E-state index contributed by atoms with van der Waals surface area (Å²) < 4.78 is 27.0. The molecule has 3 rings (SSSR count). The second-order valence-electron chi connectivity index (χ2n) is 5.80. The fourth-order valence-corrected chi connectivity index (χ4v) is 2.31. The molecule has 28 heavy (non-hydrogen) atoms. The van der Waals surface area contributed by atoms with Gasteiger partial charge in [-0.2, -0.15) is 8.78 Å². The summed E-state index contributed by atoms with van der Waals surface area (Å²) in [6.45, 7) is 2.05. The lowest BCUT2D eigenvalue weighted by atomic mass is 10.2. The Labute approximate surface area is 163 Å². The van der Waals surface area contributed by atoms with Crippen molar-refractivity contribution in [3.05, 3.63) is 47.8 Å². The van der Waals surface area contributed by atoms with E-state index in [2.05, 4.69) is 35.6 Å². The van der Waals surface area contributed by atoms with E-state index in [4.69, 9.17) is 11.6 Å². The van der Waals surface area contributed by atoms with Gasteiger partial charge in [0, 0.05) is 44.7 Å². The van der Waals surface area contributed by atoms with Gasteiger partial charge in [-0.1, -0.05) is 11.6 Å². The van der Waals surface area contributed by atoms with Crippen LogP contribution in [0.4, 0.5) is 26.1 Å². The van der Waals surface area contributed by atoms with Crippen molar-refractivity contribution in [2.45, 2.75) is 19.8 Å². The summed E-state index contributed by atoms with van der Waals surface area (Å²) in [6.07, 6.45) is 5.48. The van der Waals surface area contributed by atoms with Gasteiger partial charge in [0.1, 0.15) is 11.6 Å². The number of halogens is 3. The molecule has 0 aliphatic rings. The molecule has 8 nitrogen and oxygen atoms in total. The molecule has 0 aromatic carbocycles. The van der Waals surface area contributed by atoms with Crippen LogP contribution in [-0.2, 0) is 10.7 Å². The molecular weight excluding hydrogens is 392 g/mol. The maximum atomic E-state index is 13.5. The van der Waals surface area contributed by atoms with Gasteiger partial charge in [0.15, 0.2) is 5.82 Å². The molecule has 3 heterocycles. The second kappa shape index (κ2) is 7.77. The Bertz CT molecular complexity index is 1010. The molecule has 1 amide bonds. The van der Waals surface area contributed by atoms with Crippen molar-refractivity contribution in [1.82, 2.24) is 24.9 Å². The standard InChI is InChI=1S/C17H14ClF2N7O/c1-9(28)25-14-5-12(11(8-22-14)15-23-6-10(18)7-24-15)26-13-3-4-21-16(27-13)17(2,19)20/h3-8H,1-2H3,(H2,21,22,25,26,27,28). The highest BCUT2D eigenvalue weighted by atomic mass is 35.5. The predicted molar refractivity (Wildman–Crippen MR) is 99.5 cm³/mol. The Morgan fingerprint density at radius 1 is 1.11 bits per heavy atom. The normalized spacial score (nSPS) is 11.2. The summed E-state index contributed by atoms with van der Waals surface area (Å²) in [4.78, 5) is 31.2. The molecule has 0 radical (unpaired) electrons. The van der Waals surface area contributed by atoms with Gasteiger partial charge in [-0.15, -0.1) is 0 Å². The average molecular weight is 406 g/mol. The molecule has 3 aromatic rings. The van der Waals surface area contributed by atoms with Crippen LogP contribution in [-0.4, -0.2) is 30.8 Å². The number of carbonyl (C=O) groups is 1. The molecule has 144 valence electrons. The minimum absolute atomic E-state index is 0.127. The van der Waals surface area contributed by atoms with Crippen molar-refractivity contribution in [1.29, 1.82) is 0 Å². The van der Waals surface area contributed by atoms with Crippen LogP contribution in [0.25, 0.3) is 11.4 Å². The second-order valence-corrected chi connectivity index (χ2v) is 6.24. The lowest BCUT2D eigenvalue weighted by Gasteiger charge is -2.14. The zero-order chi connectivity index (χ0) is 20.3. The number of amides is 1. The molecule has 0 saturated carbocycles. The highest BCUT2D eigenvalue weighted by Gasteiger charge is 2.28. The number of aromatic nitrogens is 5. The van der Waals surface area contributed by atoms with Gasteiger partial charge in [-0.25, -0.2) is 24.9 Å². The Kier molecular flexibility index (Phi) is 5.41. The van der Waals surface area contributed by atoms with E-state index in [9.17, 15) is 13.6 Å². The number of nitrogens with zero attached hydrogens (tertiary/aromatic N) is 5. The topological polar surface area (TPSA) is 106 Å². The highest BCUT2D eigenvalue weighted by molar-refractivity contribution is 6.30. The zero-order valence-electron chi connectivity index (χ0n) is 14.7. The van der Waals surface area contributed by atoms with E-state index in [1.165, 1.54) is 43.8 Å². The molecule has 0 saturated heterocycles. The van der Waals surface area contributed by atoms with Crippen molar-refractivity contribution in [3.8, 4) is 11.4 Å². The van der Waals surface area contributed by atoms with Gasteiger partial charge < -0.3 is 10.6 Å². The quantitative estimate of drug-likeness (QED) is 0.665. The molecule has 0 aliphatic heterocycles. The van der Waals surface area contributed by atoms with Crippen LogP contribution >= 0.6 is 11.6 Å². The summed E-state index contributed by atoms with van der Waals surface area (Å²) >= 11 is 5.82. The minimum Gasteiger partial charge on any atom is -0.339 e. The number of carbonyl (C=O) groups excluding carboxylic acids is 1. The van der Waals surface area contributed by atoms with Crippen LogP contribution in [0, 0.1) is 0 Å². The fraction of sp³-hybridized carbons (Fsp3) is 0.176. The van der Waals surface area contributed by atoms with E-state index in [1.54, 1.807) is 0 Å². The van der Waals surface area contributed by atoms with Crippen LogP contribution in [0.15, 0.2) is 36.9 Å². The molecule has 2 N–H and O–H groups in total. The molecule has 11 heteroatoms. The molecule has 0 bridgehead atoms. The van der Waals surface area contributed by atoms with E-state index in [1.807, 2.05) is 0 Å². The third-order valence-corrected chi connectivity index (χ3v) is 3.58. The van der Waals surface area contributed by atoms with Crippen LogP contribution < -0.4 is 10.6 Å². The van der Waals surface area contributed by atoms with Crippen LogP contribution in [0.1, 0.15) is 19.7 Å². The van der Waals surface area contributed by atoms with Crippen LogP contribution in [0.2, 0.25) is 5.02 Å². The first-order chi connectivity index (χ1) is 13.2. The lowest BCUT2D eigenvalue weighted by Crippen LogP contribution is -2.13. The van der Waals surface area contributed by atoms with Gasteiger partial charge in [0.25, 0.3) is 0 Å². The number of anilines is 3. The van der Waals surface area contributed by atoms with Gasteiger partial charge in [-0.05, 0) is 6.07 Å². The first kappa shape index (κ1) is 19.5. The summed E-state index contributed by atoms with van der Waals surface area (Å²) in [5, 5.41) is 5.83. The Hall–Kier alpha value is -3.27. The van der Waals surface area contributed by atoms with Gasteiger partial charge in [0.2, 0.25) is 11.7 Å². The number of alkyl halides is 2. The molecule has 0 aliphatic carbocycles. The Morgan fingerprint density at radius 2 is 1.82 bits per heavy atom. The largest absolute Gasteiger partial charge is 0.339 e. The maximum absolute atomic E-state index is 13.5. The number of pyridine rings is 1. The SMILES string of the molecule is CC(=O)Nc1cc(Nc2ccnc(C(C)(F)F)n2)c(-c2ncc(Cl)cn2)cn1. The number of hydrogen-bond donors (Lipinski definition) is 2. The molecular formula is C17H14ClF2N7O. The number of nitrogens with one attached hydrogen (secondary N) is 2. The van der Waals surface area contributed by atoms with Crippen molar-refractivity contribution in [2.75, 3.05) is 10.6 Å². The van der Waals surface area contributed by atoms with Gasteiger partial charge in [-0.3, -0.25) is 4.79 Å². The van der Waals surface area contributed by atoms with E-state index >= 15 is 0 Å². The zero-order valence-corrected chi connectivity index (χ0v) is 15.5. The van der Waals surface area contributed by atoms with Crippen molar-refractivity contribution < 1.29 is 13.6 Å². The molecule has 3 aromatic heterocycles. The fourth-order valence-electron chi connectivity index (χ4n) is 2.21. The van der Waals surface area contributed by atoms with Crippen molar-refractivity contribution >= 4 is 34.8 Å². The third-order valence-electron chi connectivity index (χ3n) is 3.38. The van der Waals surface area contributed by atoms with Crippen molar-refractivity contribution in [2.24, 2.45) is 0 Å². The third kappa shape index (κ3) is 4.71. The summed E-state index contributed by atoms with van der Waals surface area (Å²) in [7, 11) is 0. The smallest absolute Gasteiger partial charge is 0.303 e. The maximum Gasteiger partial charge on any atom is 0.303 e. The van der Waals surface area contributed by atoms with Crippen LogP contribution in [0.5, 0.6) is 0 Å². The van der Waals surface area contributed by atoms with Crippen molar-refractivity contribution in [3.63, 3.8) is 0 Å². The minimum atomic E-state index is -3.20. The molecule has 0 fully saturated rings. The van der Waals surface area contributed by atoms with E-state index in [0.29, 0.717) is 29.0 Å². The van der Waals surface area contributed by atoms with E-state index < -0.39 is 11.7 Å². The summed E-state index contributed by atoms with van der Waals surface area (Å²) in [5.41, 5.74) is 0.847. The Balaban J connectivity index is 2.03. The number of rotatable bonds is 5. The van der Waals surface area contributed by atoms with E-state index in [-0.39, 0.29) is 17.5 Å². The van der Waals surface area contributed by atoms with E-state index in [0.717, 1.165) is 0 Å². The lowest BCUT2D eigenvalue weighted by molar-refractivity contribution is -0.114. The monoisotopic (exact) mass is 405 g/mol. The Morgan fingerprint density at radius 3 is 2.46 bits per heavy atom. The van der Waals surface area contributed by atoms with Crippen LogP contribution in [0.3, 0.4) is 0 Å². The molecule has 0 unspecified atom stereocenters. The number of hydrogen-bond acceptors (Lipinski definition) is 7. The first-order valence-corrected chi connectivity index (χ1v) is 8.34. The molecule has 0 atom stereocenters. The van der Waals surface area contributed by atoms with Gasteiger partial charge >= 0.3 is 5.92 Å². The average Bonchev–Trinajstić information content (AvgIpc) is 2.62. The highest BCUT2D eigenvalue weighted by Crippen LogP contribution is 2.30.